The van der Waals surface area contributed by atoms with Crippen molar-refractivity contribution in [2.75, 3.05) is 0 Å². The van der Waals surface area contributed by atoms with Crippen LogP contribution in [0.5, 0.6) is 0 Å². The number of rotatable bonds is 5. The van der Waals surface area contributed by atoms with E-state index in [1.165, 1.54) is 0 Å². The third-order valence-electron chi connectivity index (χ3n) is 4.50. The Labute approximate surface area is 168 Å². The van der Waals surface area contributed by atoms with Crippen LogP contribution < -0.4 is 0 Å². The summed E-state index contributed by atoms with van der Waals surface area (Å²) in [5, 5.41) is 16.4. The number of aromatic amines is 1. The van der Waals surface area contributed by atoms with Crippen LogP contribution in [0.1, 0.15) is 23.9 Å². The Morgan fingerprint density at radius 3 is 2.61 bits per heavy atom. The summed E-state index contributed by atoms with van der Waals surface area (Å²) >= 11 is 5.29. The van der Waals surface area contributed by atoms with Crippen molar-refractivity contribution < 1.29 is 0 Å². The molecule has 0 bridgehead atoms. The molecule has 140 valence electrons. The van der Waals surface area contributed by atoms with E-state index in [2.05, 4.69) is 34.4 Å². The standard InChI is InChI=1S/C21H20N6S/c1-3-19-23-24-21(28)27(19)22-13-17-14-26(18-12-8-7-9-15(18)2)25-20(17)16-10-5-4-6-11-16/h4-14H,3H2,1-2H3,(H,24,28)/b22-13-. The summed E-state index contributed by atoms with van der Waals surface area (Å²) in [6.07, 6.45) is 4.51. The van der Waals surface area contributed by atoms with Crippen molar-refractivity contribution in [1.29, 1.82) is 0 Å². The maximum absolute atomic E-state index is 5.29. The summed E-state index contributed by atoms with van der Waals surface area (Å²) in [4.78, 5) is 0. The molecule has 2 aromatic heterocycles. The van der Waals surface area contributed by atoms with Crippen LogP contribution in [0, 0.1) is 11.7 Å². The van der Waals surface area contributed by atoms with Gasteiger partial charge in [0.2, 0.25) is 4.77 Å². The fraction of sp³-hybridized carbons (Fsp3) is 0.143. The molecule has 0 spiro atoms. The van der Waals surface area contributed by atoms with Crippen molar-refractivity contribution in [3.63, 3.8) is 0 Å². The lowest BCUT2D eigenvalue weighted by molar-refractivity contribution is 0.780. The van der Waals surface area contributed by atoms with Crippen LogP contribution in [-0.4, -0.2) is 30.9 Å². The van der Waals surface area contributed by atoms with Gasteiger partial charge in [0.1, 0.15) is 5.69 Å². The molecule has 0 unspecified atom stereocenters. The topological polar surface area (TPSA) is 63.8 Å². The highest BCUT2D eigenvalue weighted by atomic mass is 32.1. The van der Waals surface area contributed by atoms with Gasteiger partial charge in [-0.1, -0.05) is 55.5 Å². The molecule has 28 heavy (non-hydrogen) atoms. The van der Waals surface area contributed by atoms with Crippen LogP contribution in [0.3, 0.4) is 0 Å². The molecule has 4 rings (SSSR count). The molecule has 6 nitrogen and oxygen atoms in total. The van der Waals surface area contributed by atoms with E-state index in [0.717, 1.165) is 40.3 Å². The fourth-order valence-electron chi connectivity index (χ4n) is 3.04. The lowest BCUT2D eigenvalue weighted by atomic mass is 10.1. The predicted octanol–water partition coefficient (Wildman–Crippen LogP) is 4.55. The number of nitrogens with zero attached hydrogens (tertiary/aromatic N) is 5. The molecule has 0 radical (unpaired) electrons. The molecule has 0 aliphatic carbocycles. The van der Waals surface area contributed by atoms with Crippen molar-refractivity contribution in [1.82, 2.24) is 24.7 Å². The molecule has 4 aromatic rings. The van der Waals surface area contributed by atoms with Crippen molar-refractivity contribution >= 4 is 18.4 Å². The summed E-state index contributed by atoms with van der Waals surface area (Å²) in [5.74, 6) is 0.786. The molecule has 0 saturated carbocycles. The Bertz CT molecular complexity index is 1180. The molecule has 2 heterocycles. The van der Waals surface area contributed by atoms with Crippen molar-refractivity contribution in [3.05, 3.63) is 82.5 Å². The van der Waals surface area contributed by atoms with Crippen LogP contribution in [-0.2, 0) is 6.42 Å². The highest BCUT2D eigenvalue weighted by molar-refractivity contribution is 7.71. The van der Waals surface area contributed by atoms with E-state index in [1.54, 1.807) is 10.9 Å². The quantitative estimate of drug-likeness (QED) is 0.403. The minimum absolute atomic E-state index is 0.473. The smallest absolute Gasteiger partial charge is 0.216 e. The van der Waals surface area contributed by atoms with E-state index in [4.69, 9.17) is 17.3 Å². The Morgan fingerprint density at radius 2 is 1.86 bits per heavy atom. The molecule has 0 atom stereocenters. The number of nitrogens with one attached hydrogen (secondary N) is 1. The van der Waals surface area contributed by atoms with Gasteiger partial charge in [0.05, 0.1) is 11.9 Å². The molecule has 1 N–H and O–H groups in total. The second kappa shape index (κ2) is 7.74. The van der Waals surface area contributed by atoms with Gasteiger partial charge in [0.25, 0.3) is 0 Å². The average molecular weight is 389 g/mol. The molecular weight excluding hydrogens is 368 g/mol. The SMILES string of the molecule is CCc1n[nH]c(=S)n1/N=C\c1cn(-c2ccccc2C)nc1-c1ccccc1. The summed E-state index contributed by atoms with van der Waals surface area (Å²) < 4.78 is 4.02. The van der Waals surface area contributed by atoms with E-state index in [1.807, 2.05) is 60.3 Å². The van der Waals surface area contributed by atoms with E-state index in [0.29, 0.717) is 4.77 Å². The number of hydrogen-bond donors (Lipinski definition) is 1. The average Bonchev–Trinajstić information content (AvgIpc) is 3.30. The summed E-state index contributed by atoms with van der Waals surface area (Å²) in [6, 6.07) is 18.3. The van der Waals surface area contributed by atoms with Crippen LogP contribution >= 0.6 is 12.2 Å². The lowest BCUT2D eigenvalue weighted by Crippen LogP contribution is -1.97. The van der Waals surface area contributed by atoms with Gasteiger partial charge < -0.3 is 0 Å². The zero-order valence-electron chi connectivity index (χ0n) is 15.7. The number of para-hydroxylation sites is 1. The molecule has 0 fully saturated rings. The van der Waals surface area contributed by atoms with Gasteiger partial charge in [-0.25, -0.2) is 4.68 Å². The fourth-order valence-corrected chi connectivity index (χ4v) is 3.24. The largest absolute Gasteiger partial charge is 0.250 e. The van der Waals surface area contributed by atoms with Crippen molar-refractivity contribution in [2.45, 2.75) is 20.3 Å². The zero-order valence-corrected chi connectivity index (χ0v) is 16.5. The molecule has 7 heteroatoms. The van der Waals surface area contributed by atoms with Crippen LogP contribution in [0.15, 0.2) is 65.9 Å². The van der Waals surface area contributed by atoms with Gasteiger partial charge in [-0.05, 0) is 30.8 Å². The van der Waals surface area contributed by atoms with Crippen LogP contribution in [0.2, 0.25) is 0 Å². The summed E-state index contributed by atoms with van der Waals surface area (Å²) in [7, 11) is 0. The summed E-state index contributed by atoms with van der Waals surface area (Å²) in [6.45, 7) is 4.09. The highest BCUT2D eigenvalue weighted by Gasteiger charge is 2.12. The molecule has 0 saturated heterocycles. The molecule has 2 aromatic carbocycles. The number of aromatic nitrogens is 5. The number of H-pyrrole nitrogens is 1. The Balaban J connectivity index is 1.83. The maximum Gasteiger partial charge on any atom is 0.216 e. The number of aryl methyl sites for hydroxylation is 2. The molecule has 0 aliphatic heterocycles. The van der Waals surface area contributed by atoms with Gasteiger partial charge in [0.15, 0.2) is 5.82 Å². The predicted molar refractivity (Wildman–Crippen MR) is 114 cm³/mol. The Morgan fingerprint density at radius 1 is 1.11 bits per heavy atom. The number of hydrogen-bond acceptors (Lipinski definition) is 4. The van der Waals surface area contributed by atoms with Crippen molar-refractivity contribution in [3.8, 4) is 16.9 Å². The van der Waals surface area contributed by atoms with E-state index >= 15 is 0 Å². The first-order valence-corrected chi connectivity index (χ1v) is 9.50. The minimum Gasteiger partial charge on any atom is -0.250 e. The monoisotopic (exact) mass is 388 g/mol. The van der Waals surface area contributed by atoms with Gasteiger partial charge in [-0.2, -0.15) is 20.0 Å². The first-order valence-electron chi connectivity index (χ1n) is 9.09. The lowest BCUT2D eigenvalue weighted by Gasteiger charge is -2.04. The minimum atomic E-state index is 0.473. The van der Waals surface area contributed by atoms with Gasteiger partial charge in [0, 0.05) is 23.7 Å². The van der Waals surface area contributed by atoms with Crippen LogP contribution in [0.25, 0.3) is 16.9 Å². The second-order valence-electron chi connectivity index (χ2n) is 6.39. The Kier molecular flexibility index (Phi) is 4.99. The summed E-state index contributed by atoms with van der Waals surface area (Å²) in [5.41, 5.74) is 4.98. The Hall–Kier alpha value is -3.32. The van der Waals surface area contributed by atoms with Crippen molar-refractivity contribution in [2.24, 2.45) is 5.10 Å². The normalized spacial score (nSPS) is 11.4. The number of benzene rings is 2. The first-order chi connectivity index (χ1) is 13.7. The third kappa shape index (κ3) is 3.44. The molecular formula is C21H20N6S. The second-order valence-corrected chi connectivity index (χ2v) is 6.77. The molecule has 0 amide bonds. The molecule has 0 aliphatic rings. The van der Waals surface area contributed by atoms with Gasteiger partial charge in [-0.3, -0.25) is 5.10 Å². The first kappa shape index (κ1) is 18.1. The van der Waals surface area contributed by atoms with E-state index in [9.17, 15) is 0 Å². The van der Waals surface area contributed by atoms with E-state index < -0.39 is 0 Å². The highest BCUT2D eigenvalue weighted by Crippen LogP contribution is 2.23. The third-order valence-corrected chi connectivity index (χ3v) is 4.76. The zero-order chi connectivity index (χ0) is 19.5. The maximum atomic E-state index is 5.29. The van der Waals surface area contributed by atoms with Crippen LogP contribution in [0.4, 0.5) is 0 Å². The van der Waals surface area contributed by atoms with Gasteiger partial charge in [-0.15, -0.1) is 0 Å². The van der Waals surface area contributed by atoms with Gasteiger partial charge >= 0.3 is 0 Å². The van der Waals surface area contributed by atoms with E-state index in [-0.39, 0.29) is 0 Å².